The van der Waals surface area contributed by atoms with E-state index in [4.69, 9.17) is 14.2 Å². The number of carbonyl (C=O) groups is 1. The molecule has 0 unspecified atom stereocenters. The molecule has 2 heterocycles. The second-order valence-corrected chi connectivity index (χ2v) is 11.4. The Kier molecular flexibility index (Phi) is 6.10. The van der Waals surface area contributed by atoms with Crippen LogP contribution in [0, 0.1) is 17.3 Å². The monoisotopic (exact) mass is 472 g/mol. The lowest BCUT2D eigenvalue weighted by atomic mass is 9.49. The lowest BCUT2D eigenvalue weighted by Crippen LogP contribution is -2.69. The molecule has 0 spiro atoms. The summed E-state index contributed by atoms with van der Waals surface area (Å²) in [4.78, 5) is 17.8. The normalized spacial score (nSPS) is 40.4. The number of carbonyl (C=O) groups excluding carboxylic acids is 1. The minimum atomic E-state index is -0.953. The van der Waals surface area contributed by atoms with Gasteiger partial charge in [-0.25, -0.2) is 0 Å². The fourth-order valence-electron chi connectivity index (χ4n) is 7.37. The molecule has 1 aromatic rings. The summed E-state index contributed by atoms with van der Waals surface area (Å²) >= 11 is 0. The van der Waals surface area contributed by atoms with E-state index in [-0.39, 0.29) is 29.3 Å². The number of ether oxygens (including phenoxy) is 3. The number of piperazine rings is 1. The SMILES string of the molecule is COc1cccc(N2CCN(C[C@@H]3C(=O)O[C@@H]4C[C@@]5(C)CCC[C@@](C)(OC)[C@]5(O)C[C@@H]34)CC2)c1. The van der Waals surface area contributed by atoms with E-state index in [0.717, 1.165) is 57.6 Å². The fraction of sp³-hybridized carbons (Fsp3) is 0.741. The van der Waals surface area contributed by atoms with Gasteiger partial charge in [-0.05, 0) is 51.2 Å². The zero-order valence-corrected chi connectivity index (χ0v) is 21.1. The van der Waals surface area contributed by atoms with Gasteiger partial charge in [0, 0.05) is 62.9 Å². The minimum Gasteiger partial charge on any atom is -0.497 e. The number of methoxy groups -OCH3 is 2. The first-order valence-electron chi connectivity index (χ1n) is 12.8. The number of fused-ring (bicyclic) bond motifs is 2. The van der Waals surface area contributed by atoms with Crippen molar-refractivity contribution in [3.05, 3.63) is 24.3 Å². The Labute approximate surface area is 203 Å². The molecule has 6 atom stereocenters. The molecule has 188 valence electrons. The van der Waals surface area contributed by atoms with Crippen LogP contribution in [0.4, 0.5) is 5.69 Å². The third kappa shape index (κ3) is 3.71. The van der Waals surface area contributed by atoms with Gasteiger partial charge in [0.25, 0.3) is 0 Å². The van der Waals surface area contributed by atoms with Crippen LogP contribution >= 0.6 is 0 Å². The maximum Gasteiger partial charge on any atom is 0.310 e. The zero-order valence-electron chi connectivity index (χ0n) is 21.1. The molecule has 1 N–H and O–H groups in total. The summed E-state index contributed by atoms with van der Waals surface area (Å²) in [6, 6.07) is 8.18. The summed E-state index contributed by atoms with van der Waals surface area (Å²) in [7, 11) is 3.41. The summed E-state index contributed by atoms with van der Waals surface area (Å²) in [6.45, 7) is 8.53. The molecule has 2 aliphatic carbocycles. The number of esters is 1. The number of benzene rings is 1. The molecule has 2 aliphatic heterocycles. The summed E-state index contributed by atoms with van der Waals surface area (Å²) in [5, 5.41) is 12.1. The Balaban J connectivity index is 1.27. The summed E-state index contributed by atoms with van der Waals surface area (Å²) in [5.41, 5.74) is -0.673. The molecule has 4 aliphatic rings. The highest BCUT2D eigenvalue weighted by Gasteiger charge is 2.67. The van der Waals surface area contributed by atoms with Crippen molar-refractivity contribution in [2.75, 3.05) is 51.8 Å². The van der Waals surface area contributed by atoms with Crippen LogP contribution in [0.1, 0.15) is 46.0 Å². The zero-order chi connectivity index (χ0) is 24.1. The van der Waals surface area contributed by atoms with Crippen LogP contribution in [0.25, 0.3) is 0 Å². The van der Waals surface area contributed by atoms with Crippen molar-refractivity contribution in [3.63, 3.8) is 0 Å². The highest BCUT2D eigenvalue weighted by molar-refractivity contribution is 5.75. The molecule has 1 aromatic carbocycles. The fourth-order valence-corrected chi connectivity index (χ4v) is 7.37. The summed E-state index contributed by atoms with van der Waals surface area (Å²) in [5.74, 6) is 0.627. The molecular weight excluding hydrogens is 432 g/mol. The smallest absolute Gasteiger partial charge is 0.310 e. The van der Waals surface area contributed by atoms with Crippen LogP contribution in [0.3, 0.4) is 0 Å². The molecule has 4 fully saturated rings. The molecule has 7 heteroatoms. The van der Waals surface area contributed by atoms with Gasteiger partial charge in [-0.1, -0.05) is 13.0 Å². The summed E-state index contributed by atoms with van der Waals surface area (Å²) in [6.07, 6.45) is 4.01. The standard InChI is InChI=1S/C27H40N2O5/c1-25-9-6-10-26(2,33-4)27(25,31)16-21-22(24(30)34-23(21)17-25)18-28-11-13-29(14-12-28)19-7-5-8-20(15-19)32-3/h5,7-8,15,21-23,31H,6,9-14,16-18H2,1-4H3/t21-,22-,23+,25+,26+,27-/m0/s1. The number of hydrogen-bond donors (Lipinski definition) is 1. The first kappa shape index (κ1) is 23.9. The topological polar surface area (TPSA) is 71.5 Å². The average molecular weight is 473 g/mol. The quantitative estimate of drug-likeness (QED) is 0.661. The Morgan fingerprint density at radius 1 is 1.12 bits per heavy atom. The summed E-state index contributed by atoms with van der Waals surface area (Å²) < 4.78 is 17.3. The number of aliphatic hydroxyl groups is 1. The van der Waals surface area contributed by atoms with E-state index < -0.39 is 11.2 Å². The van der Waals surface area contributed by atoms with Gasteiger partial charge in [0.15, 0.2) is 0 Å². The molecule has 0 radical (unpaired) electrons. The Bertz CT molecular complexity index is 918. The largest absolute Gasteiger partial charge is 0.497 e. The Hall–Kier alpha value is -1.83. The number of rotatable bonds is 5. The third-order valence-electron chi connectivity index (χ3n) is 9.70. The third-order valence-corrected chi connectivity index (χ3v) is 9.70. The van der Waals surface area contributed by atoms with Gasteiger partial charge in [0.2, 0.25) is 0 Å². The number of hydrogen-bond acceptors (Lipinski definition) is 7. The van der Waals surface area contributed by atoms with Crippen LogP contribution in [-0.4, -0.2) is 80.2 Å². The van der Waals surface area contributed by atoms with Crippen molar-refractivity contribution in [1.29, 1.82) is 0 Å². The van der Waals surface area contributed by atoms with Gasteiger partial charge in [0.05, 0.1) is 24.2 Å². The Morgan fingerprint density at radius 3 is 2.59 bits per heavy atom. The lowest BCUT2D eigenvalue weighted by Gasteiger charge is -2.62. The van der Waals surface area contributed by atoms with Gasteiger partial charge in [-0.15, -0.1) is 0 Å². The van der Waals surface area contributed by atoms with Crippen LogP contribution < -0.4 is 9.64 Å². The van der Waals surface area contributed by atoms with Crippen molar-refractivity contribution in [3.8, 4) is 5.75 Å². The predicted octanol–water partition coefficient (Wildman–Crippen LogP) is 3.10. The predicted molar refractivity (Wildman–Crippen MR) is 130 cm³/mol. The molecule has 0 bridgehead atoms. The van der Waals surface area contributed by atoms with E-state index in [0.29, 0.717) is 13.0 Å². The van der Waals surface area contributed by atoms with Gasteiger partial charge in [-0.2, -0.15) is 0 Å². The average Bonchev–Trinajstić information content (AvgIpc) is 3.12. The lowest BCUT2D eigenvalue weighted by molar-refractivity contribution is -0.270. The van der Waals surface area contributed by atoms with E-state index in [1.807, 2.05) is 12.1 Å². The van der Waals surface area contributed by atoms with Gasteiger partial charge >= 0.3 is 5.97 Å². The van der Waals surface area contributed by atoms with E-state index in [9.17, 15) is 9.90 Å². The Morgan fingerprint density at radius 2 is 1.88 bits per heavy atom. The molecular formula is C27H40N2O5. The van der Waals surface area contributed by atoms with Crippen LogP contribution in [0.15, 0.2) is 24.3 Å². The van der Waals surface area contributed by atoms with Crippen molar-refractivity contribution in [2.24, 2.45) is 17.3 Å². The second kappa shape index (κ2) is 8.68. The first-order valence-corrected chi connectivity index (χ1v) is 12.8. The molecule has 5 rings (SSSR count). The molecule has 0 amide bonds. The minimum absolute atomic E-state index is 0.0366. The van der Waals surface area contributed by atoms with Crippen molar-refractivity contribution in [2.45, 2.75) is 63.3 Å². The van der Waals surface area contributed by atoms with Gasteiger partial charge in [-0.3, -0.25) is 9.69 Å². The molecule has 7 nitrogen and oxygen atoms in total. The number of nitrogens with zero attached hydrogens (tertiary/aromatic N) is 2. The van der Waals surface area contributed by atoms with Crippen molar-refractivity contribution in [1.82, 2.24) is 4.90 Å². The molecule has 2 saturated heterocycles. The molecule has 34 heavy (non-hydrogen) atoms. The molecule has 2 saturated carbocycles. The highest BCUT2D eigenvalue weighted by Crippen LogP contribution is 2.61. The van der Waals surface area contributed by atoms with Crippen LogP contribution in [0.5, 0.6) is 5.75 Å². The van der Waals surface area contributed by atoms with Crippen LogP contribution in [-0.2, 0) is 14.3 Å². The van der Waals surface area contributed by atoms with Crippen molar-refractivity contribution < 1.29 is 24.1 Å². The molecule has 0 aromatic heterocycles. The van der Waals surface area contributed by atoms with Crippen molar-refractivity contribution >= 4 is 11.7 Å². The van der Waals surface area contributed by atoms with E-state index in [2.05, 4.69) is 35.8 Å². The van der Waals surface area contributed by atoms with E-state index >= 15 is 0 Å². The number of anilines is 1. The van der Waals surface area contributed by atoms with Crippen LogP contribution in [0.2, 0.25) is 0 Å². The first-order chi connectivity index (χ1) is 16.2. The maximum atomic E-state index is 13.0. The second-order valence-electron chi connectivity index (χ2n) is 11.4. The van der Waals surface area contributed by atoms with Gasteiger partial charge in [0.1, 0.15) is 11.9 Å². The van der Waals surface area contributed by atoms with Gasteiger partial charge < -0.3 is 24.2 Å². The van der Waals surface area contributed by atoms with E-state index in [1.165, 1.54) is 5.69 Å². The maximum absolute atomic E-state index is 13.0. The highest BCUT2D eigenvalue weighted by atomic mass is 16.6. The van der Waals surface area contributed by atoms with E-state index in [1.54, 1.807) is 14.2 Å².